The number of nitro groups is 1. The molecule has 1 fully saturated rings. The molecule has 132 valence electrons. The van der Waals surface area contributed by atoms with Gasteiger partial charge in [-0.25, -0.2) is 0 Å². The van der Waals surface area contributed by atoms with Crippen molar-refractivity contribution >= 4 is 23.2 Å². The van der Waals surface area contributed by atoms with Crippen LogP contribution in [0.15, 0.2) is 34.7 Å². The molecule has 1 saturated heterocycles. The number of carbonyl (C=O) groups excluding carboxylic acids is 1. The molecule has 0 saturated carbocycles. The van der Waals surface area contributed by atoms with Crippen molar-refractivity contribution in [3.63, 3.8) is 0 Å². The molecule has 7 nitrogen and oxygen atoms in total. The molecule has 3 rings (SSSR count). The average Bonchev–Trinajstić information content (AvgIpc) is 3.03. The van der Waals surface area contributed by atoms with E-state index in [1.165, 1.54) is 12.1 Å². The number of non-ortho nitro benzene ring substituents is 1. The first-order valence-corrected chi connectivity index (χ1v) is 8.36. The summed E-state index contributed by atoms with van der Waals surface area (Å²) in [6.07, 6.45) is 1.75. The number of nitrogens with zero attached hydrogens (tertiary/aromatic N) is 2. The van der Waals surface area contributed by atoms with E-state index >= 15 is 0 Å². The number of carbonyl (C=O) groups is 1. The normalized spacial score (nSPS) is 18.2. The second-order valence-electron chi connectivity index (χ2n) is 6.16. The van der Waals surface area contributed by atoms with Gasteiger partial charge in [0.2, 0.25) is 5.91 Å². The van der Waals surface area contributed by atoms with E-state index in [4.69, 9.17) is 21.8 Å². The van der Waals surface area contributed by atoms with Crippen LogP contribution in [-0.4, -0.2) is 28.8 Å². The molecule has 1 amide bonds. The lowest BCUT2D eigenvalue weighted by Gasteiger charge is -2.30. The molecule has 0 unspecified atom stereocenters. The van der Waals surface area contributed by atoms with E-state index in [1.54, 1.807) is 12.1 Å². The highest BCUT2D eigenvalue weighted by Gasteiger charge is 2.24. The fourth-order valence-corrected chi connectivity index (χ4v) is 3.34. The Balaban J connectivity index is 1.72. The number of nitrogens with two attached hydrogens (primary N) is 1. The van der Waals surface area contributed by atoms with Crippen LogP contribution in [0.4, 0.5) is 5.69 Å². The minimum atomic E-state index is -0.491. The van der Waals surface area contributed by atoms with Crippen LogP contribution in [-0.2, 0) is 11.3 Å². The Kier molecular flexibility index (Phi) is 5.06. The minimum absolute atomic E-state index is 0.0636. The van der Waals surface area contributed by atoms with Crippen LogP contribution < -0.4 is 5.73 Å². The second kappa shape index (κ2) is 7.25. The molecule has 1 aromatic heterocycles. The van der Waals surface area contributed by atoms with Gasteiger partial charge in [0.25, 0.3) is 5.69 Å². The Labute approximate surface area is 149 Å². The van der Waals surface area contributed by atoms with Gasteiger partial charge in [0.1, 0.15) is 11.5 Å². The van der Waals surface area contributed by atoms with Gasteiger partial charge in [0.05, 0.1) is 22.4 Å². The molecular formula is C17H18ClN3O4. The van der Waals surface area contributed by atoms with Crippen molar-refractivity contribution in [3.05, 3.63) is 51.2 Å². The zero-order valence-corrected chi connectivity index (χ0v) is 14.2. The predicted molar refractivity (Wildman–Crippen MR) is 93.0 cm³/mol. The van der Waals surface area contributed by atoms with Gasteiger partial charge in [0, 0.05) is 24.2 Å². The smallest absolute Gasteiger partial charge is 0.270 e. The first-order chi connectivity index (χ1) is 11.9. The first-order valence-electron chi connectivity index (χ1n) is 7.98. The number of halogens is 1. The third kappa shape index (κ3) is 4.00. The average molecular weight is 364 g/mol. The van der Waals surface area contributed by atoms with Crippen LogP contribution in [0.2, 0.25) is 5.02 Å². The summed E-state index contributed by atoms with van der Waals surface area (Å²) < 4.78 is 5.84. The maximum atomic E-state index is 11.4. The number of furan rings is 1. The van der Waals surface area contributed by atoms with Crippen LogP contribution in [0.3, 0.4) is 0 Å². The van der Waals surface area contributed by atoms with Crippen molar-refractivity contribution in [1.82, 2.24) is 4.90 Å². The molecule has 0 aliphatic carbocycles. The lowest BCUT2D eigenvalue weighted by Crippen LogP contribution is -2.40. The van der Waals surface area contributed by atoms with Gasteiger partial charge in [-0.2, -0.15) is 0 Å². The van der Waals surface area contributed by atoms with E-state index in [9.17, 15) is 14.9 Å². The molecule has 2 heterocycles. The number of amides is 1. The molecule has 2 N–H and O–H groups in total. The van der Waals surface area contributed by atoms with Crippen molar-refractivity contribution in [2.75, 3.05) is 13.1 Å². The monoisotopic (exact) mass is 363 g/mol. The Morgan fingerprint density at radius 1 is 1.40 bits per heavy atom. The second-order valence-corrected chi connectivity index (χ2v) is 6.57. The van der Waals surface area contributed by atoms with E-state index in [1.807, 2.05) is 6.07 Å². The quantitative estimate of drug-likeness (QED) is 0.649. The number of nitro benzene ring substituents is 1. The third-order valence-electron chi connectivity index (χ3n) is 4.38. The van der Waals surface area contributed by atoms with Crippen molar-refractivity contribution in [2.24, 2.45) is 11.7 Å². The fourth-order valence-electron chi connectivity index (χ4n) is 3.08. The van der Waals surface area contributed by atoms with Crippen LogP contribution in [0, 0.1) is 16.0 Å². The maximum absolute atomic E-state index is 11.4. The molecule has 1 aliphatic heterocycles. The fraction of sp³-hybridized carbons (Fsp3) is 0.353. The van der Waals surface area contributed by atoms with Crippen molar-refractivity contribution < 1.29 is 14.1 Å². The van der Waals surface area contributed by atoms with E-state index in [0.717, 1.165) is 25.1 Å². The number of primary amides is 1. The van der Waals surface area contributed by atoms with E-state index in [0.29, 0.717) is 24.4 Å². The van der Waals surface area contributed by atoms with Crippen LogP contribution >= 0.6 is 11.6 Å². The number of likely N-dealkylation sites (tertiary alicyclic amines) is 1. The van der Waals surface area contributed by atoms with Gasteiger partial charge in [-0.3, -0.25) is 19.8 Å². The van der Waals surface area contributed by atoms with Gasteiger partial charge in [-0.15, -0.1) is 0 Å². The van der Waals surface area contributed by atoms with Crippen molar-refractivity contribution in [3.8, 4) is 11.3 Å². The molecule has 1 aromatic carbocycles. The Hall–Kier alpha value is -2.38. The summed E-state index contributed by atoms with van der Waals surface area (Å²) in [5.41, 5.74) is 5.94. The van der Waals surface area contributed by atoms with E-state index in [-0.39, 0.29) is 22.5 Å². The third-order valence-corrected chi connectivity index (χ3v) is 4.69. The van der Waals surface area contributed by atoms with Gasteiger partial charge in [-0.05, 0) is 37.6 Å². The molecule has 1 aliphatic rings. The standard InChI is InChI=1S/C17H18ClN3O4/c18-15-8-12(21(23)24)3-5-14(15)16-6-4-13(25-16)10-20-7-1-2-11(9-20)17(19)22/h3-6,8,11H,1-2,7,9-10H2,(H2,19,22)/t11-/m0/s1. The number of rotatable bonds is 5. The summed E-state index contributed by atoms with van der Waals surface area (Å²) in [4.78, 5) is 23.8. The van der Waals surface area contributed by atoms with Gasteiger partial charge in [-0.1, -0.05) is 11.6 Å². The van der Waals surface area contributed by atoms with E-state index < -0.39 is 4.92 Å². The highest BCUT2D eigenvalue weighted by Crippen LogP contribution is 2.32. The molecule has 25 heavy (non-hydrogen) atoms. The SMILES string of the molecule is NC(=O)[C@H]1CCCN(Cc2ccc(-c3ccc([N+](=O)[O-])cc3Cl)o2)C1. The van der Waals surface area contributed by atoms with Crippen LogP contribution in [0.1, 0.15) is 18.6 Å². The molecule has 1 atom stereocenters. The van der Waals surface area contributed by atoms with Crippen LogP contribution in [0.25, 0.3) is 11.3 Å². The van der Waals surface area contributed by atoms with Crippen molar-refractivity contribution in [2.45, 2.75) is 19.4 Å². The topological polar surface area (TPSA) is 103 Å². The molecular weight excluding hydrogens is 346 g/mol. The van der Waals surface area contributed by atoms with Crippen LogP contribution in [0.5, 0.6) is 0 Å². The summed E-state index contributed by atoms with van der Waals surface area (Å²) in [7, 11) is 0. The minimum Gasteiger partial charge on any atom is -0.460 e. The molecule has 0 bridgehead atoms. The Morgan fingerprint density at radius 2 is 2.20 bits per heavy atom. The summed E-state index contributed by atoms with van der Waals surface area (Å²) in [5.74, 6) is 0.919. The maximum Gasteiger partial charge on any atom is 0.270 e. The molecule has 0 radical (unpaired) electrons. The number of benzene rings is 1. The lowest BCUT2D eigenvalue weighted by atomic mass is 9.97. The van der Waals surface area contributed by atoms with Gasteiger partial charge >= 0.3 is 0 Å². The number of piperidine rings is 1. The van der Waals surface area contributed by atoms with Crippen molar-refractivity contribution in [1.29, 1.82) is 0 Å². The predicted octanol–water partition coefficient (Wildman–Crippen LogP) is 3.21. The summed E-state index contributed by atoms with van der Waals surface area (Å²) in [5, 5.41) is 11.1. The zero-order valence-electron chi connectivity index (χ0n) is 13.5. The first kappa shape index (κ1) is 17.4. The largest absolute Gasteiger partial charge is 0.460 e. The number of hydrogen-bond acceptors (Lipinski definition) is 5. The highest BCUT2D eigenvalue weighted by atomic mass is 35.5. The zero-order chi connectivity index (χ0) is 18.0. The Morgan fingerprint density at radius 3 is 2.88 bits per heavy atom. The van der Waals surface area contributed by atoms with E-state index in [2.05, 4.69) is 4.90 Å². The lowest BCUT2D eigenvalue weighted by molar-refractivity contribution is -0.384. The summed E-state index contributed by atoms with van der Waals surface area (Å²) in [6, 6.07) is 7.92. The summed E-state index contributed by atoms with van der Waals surface area (Å²) >= 11 is 6.14. The Bertz CT molecular complexity index is 805. The highest BCUT2D eigenvalue weighted by molar-refractivity contribution is 6.33. The summed E-state index contributed by atoms with van der Waals surface area (Å²) in [6.45, 7) is 2.09. The molecule has 2 aromatic rings. The molecule has 0 spiro atoms. The molecule has 8 heteroatoms. The number of hydrogen-bond donors (Lipinski definition) is 1. The van der Waals surface area contributed by atoms with Gasteiger partial charge < -0.3 is 10.2 Å². The van der Waals surface area contributed by atoms with Gasteiger partial charge in [0.15, 0.2) is 0 Å².